The predicted octanol–water partition coefficient (Wildman–Crippen LogP) is 3.98. The number of carbonyl (C=O) groups excluding carboxylic acids is 1. The van der Waals surface area contributed by atoms with Crippen LogP contribution in [0, 0.1) is 17.0 Å². The minimum Gasteiger partial charge on any atom is -0.434 e. The van der Waals surface area contributed by atoms with Crippen LogP contribution in [0.5, 0.6) is 0 Å². The molecule has 0 bridgehead atoms. The van der Waals surface area contributed by atoms with Gasteiger partial charge in [0.2, 0.25) is 6.23 Å². The molecule has 1 atom stereocenters. The number of hydrazine groups is 1. The lowest BCUT2D eigenvalue weighted by Gasteiger charge is -2.21. The summed E-state index contributed by atoms with van der Waals surface area (Å²) in [7, 11) is 0. The third-order valence-electron chi connectivity index (χ3n) is 6.73. The molecule has 0 spiro atoms. The monoisotopic (exact) mass is 611 g/mol. The lowest BCUT2D eigenvalue weighted by molar-refractivity contribution is -0.757. The molecule has 3 rings (SSSR count). The van der Waals surface area contributed by atoms with Gasteiger partial charge in [-0.15, -0.1) is 15.2 Å². The summed E-state index contributed by atoms with van der Waals surface area (Å²) in [6.07, 6.45) is -0.174. The second-order valence-corrected chi connectivity index (χ2v) is 10.7. The molecule has 0 saturated carbocycles. The van der Waals surface area contributed by atoms with Crippen molar-refractivity contribution >= 4 is 12.0 Å². The van der Waals surface area contributed by atoms with Crippen LogP contribution in [0.1, 0.15) is 68.9 Å². The van der Waals surface area contributed by atoms with Gasteiger partial charge in [-0.1, -0.05) is 55.5 Å². The minimum atomic E-state index is -1.03. The van der Waals surface area contributed by atoms with E-state index in [0.29, 0.717) is 17.8 Å². The van der Waals surface area contributed by atoms with Crippen LogP contribution in [0.4, 0.5) is 4.79 Å². The van der Waals surface area contributed by atoms with Crippen molar-refractivity contribution in [2.75, 3.05) is 13.2 Å². The van der Waals surface area contributed by atoms with Gasteiger partial charge >= 0.3 is 6.16 Å². The standard InChI is InChI=1S/C30H41N7O7/c1-6-10-26-33-27(30(4,5)39)20(2)35(26)19-22-13-15-23(16-14-22)24-11-7-8-12-25(24)28(31)34-36(32)21(3)44-29(38)42-17-9-18-43-37(40)41/h7-8,11-16,21,39H,6,9-10,17-19,32H2,1-5H3,(H2,31,34). The zero-order chi connectivity index (χ0) is 32.4. The minimum absolute atomic E-state index is 0.102. The predicted molar refractivity (Wildman–Crippen MR) is 163 cm³/mol. The Morgan fingerprint density at radius 1 is 1.20 bits per heavy atom. The number of benzene rings is 2. The van der Waals surface area contributed by atoms with E-state index >= 15 is 0 Å². The molecule has 2 aromatic carbocycles. The van der Waals surface area contributed by atoms with Gasteiger partial charge in [-0.25, -0.2) is 15.6 Å². The zero-order valence-corrected chi connectivity index (χ0v) is 25.7. The van der Waals surface area contributed by atoms with E-state index in [1.54, 1.807) is 13.8 Å². The van der Waals surface area contributed by atoms with E-state index < -0.39 is 23.1 Å². The first-order valence-corrected chi connectivity index (χ1v) is 14.3. The molecule has 1 aromatic heterocycles. The first-order valence-electron chi connectivity index (χ1n) is 14.3. The average Bonchev–Trinajstić information content (AvgIpc) is 3.28. The summed E-state index contributed by atoms with van der Waals surface area (Å²) in [4.78, 5) is 31.0. The molecule has 0 saturated heterocycles. The number of aromatic nitrogens is 2. The van der Waals surface area contributed by atoms with E-state index in [1.807, 2.05) is 55.5 Å². The fraction of sp³-hybridized carbons (Fsp3) is 0.433. The Morgan fingerprint density at radius 3 is 2.52 bits per heavy atom. The van der Waals surface area contributed by atoms with Crippen molar-refractivity contribution in [1.82, 2.24) is 14.7 Å². The van der Waals surface area contributed by atoms with Crippen molar-refractivity contribution in [2.45, 2.75) is 72.3 Å². The van der Waals surface area contributed by atoms with Crippen LogP contribution < -0.4 is 11.6 Å². The highest BCUT2D eigenvalue weighted by Gasteiger charge is 2.25. The molecule has 0 aliphatic heterocycles. The van der Waals surface area contributed by atoms with Gasteiger partial charge in [-0.3, -0.25) is 0 Å². The summed E-state index contributed by atoms with van der Waals surface area (Å²) in [5, 5.41) is 24.9. The van der Waals surface area contributed by atoms with Crippen LogP contribution in [-0.4, -0.2) is 56.3 Å². The molecule has 44 heavy (non-hydrogen) atoms. The molecule has 0 radical (unpaired) electrons. The second kappa shape index (κ2) is 15.2. The van der Waals surface area contributed by atoms with Gasteiger partial charge < -0.3 is 29.7 Å². The van der Waals surface area contributed by atoms with Gasteiger partial charge in [0.1, 0.15) is 11.4 Å². The maximum atomic E-state index is 11.9. The van der Waals surface area contributed by atoms with Crippen LogP contribution in [0.2, 0.25) is 0 Å². The van der Waals surface area contributed by atoms with Crippen LogP contribution in [0.3, 0.4) is 0 Å². The van der Waals surface area contributed by atoms with E-state index in [1.165, 1.54) is 6.92 Å². The van der Waals surface area contributed by atoms with Crippen LogP contribution >= 0.6 is 0 Å². The van der Waals surface area contributed by atoms with Crippen molar-refractivity contribution in [3.8, 4) is 11.1 Å². The van der Waals surface area contributed by atoms with Gasteiger partial charge in [-0.05, 0) is 50.8 Å². The summed E-state index contributed by atoms with van der Waals surface area (Å²) in [5.41, 5.74) is 10.4. The quantitative estimate of drug-likeness (QED) is 0.0329. The maximum absolute atomic E-state index is 11.9. The number of imidazole rings is 1. The number of nitrogens with zero attached hydrogens (tertiary/aromatic N) is 5. The maximum Gasteiger partial charge on any atom is 0.510 e. The molecule has 14 nitrogen and oxygen atoms in total. The van der Waals surface area contributed by atoms with E-state index in [-0.39, 0.29) is 25.5 Å². The average molecular weight is 612 g/mol. The molecule has 0 aliphatic carbocycles. The Labute approximate surface area is 256 Å². The summed E-state index contributed by atoms with van der Waals surface area (Å²) in [6.45, 7) is 9.34. The highest BCUT2D eigenvalue weighted by atomic mass is 16.9. The molecule has 238 valence electrons. The number of hydrogen-bond acceptors (Lipinski definition) is 11. The summed E-state index contributed by atoms with van der Waals surface area (Å²) in [6, 6.07) is 15.5. The molecule has 3 aromatic rings. The Balaban J connectivity index is 1.71. The number of amidine groups is 1. The molecular formula is C30H41N7O7. The SMILES string of the molecule is CCCc1nc(C(C)(C)O)c(C)n1Cc1ccc(-c2ccccc2/C(N)=N/N(N)C(C)OC(=O)OCCCO[N+](=O)[O-])cc1. The summed E-state index contributed by atoms with van der Waals surface area (Å²) in [5.74, 6) is 7.03. The summed E-state index contributed by atoms with van der Waals surface area (Å²) < 4.78 is 12.1. The number of ether oxygens (including phenoxy) is 2. The van der Waals surface area contributed by atoms with Crippen molar-refractivity contribution in [2.24, 2.45) is 16.7 Å². The lowest BCUT2D eigenvalue weighted by Crippen LogP contribution is -2.40. The molecule has 14 heteroatoms. The second-order valence-electron chi connectivity index (χ2n) is 10.7. The fourth-order valence-corrected chi connectivity index (χ4v) is 4.57. The number of carbonyl (C=O) groups is 1. The number of hydrogen-bond donors (Lipinski definition) is 3. The molecule has 0 amide bonds. The van der Waals surface area contributed by atoms with Gasteiger partial charge in [0.25, 0.3) is 5.09 Å². The number of aliphatic hydroxyl groups is 1. The van der Waals surface area contributed by atoms with Gasteiger partial charge in [0.15, 0.2) is 5.84 Å². The van der Waals surface area contributed by atoms with Gasteiger partial charge in [0, 0.05) is 30.6 Å². The van der Waals surface area contributed by atoms with E-state index in [2.05, 4.69) is 21.4 Å². The molecule has 1 heterocycles. The van der Waals surface area contributed by atoms with Crippen molar-refractivity contribution in [3.63, 3.8) is 0 Å². The Morgan fingerprint density at radius 2 is 1.89 bits per heavy atom. The summed E-state index contributed by atoms with van der Waals surface area (Å²) >= 11 is 0. The topological polar surface area (TPSA) is 194 Å². The van der Waals surface area contributed by atoms with E-state index in [0.717, 1.165) is 46.2 Å². The molecule has 0 aliphatic rings. The zero-order valence-electron chi connectivity index (χ0n) is 25.7. The fourth-order valence-electron chi connectivity index (χ4n) is 4.57. The van der Waals surface area contributed by atoms with Crippen LogP contribution in [0.25, 0.3) is 11.1 Å². The van der Waals surface area contributed by atoms with Crippen LogP contribution in [-0.2, 0) is 32.9 Å². The number of nitrogens with two attached hydrogens (primary N) is 2. The Hall–Kier alpha value is -4.69. The highest BCUT2D eigenvalue weighted by Crippen LogP contribution is 2.27. The van der Waals surface area contributed by atoms with Gasteiger partial charge in [0.05, 0.1) is 18.9 Å². The molecule has 0 fully saturated rings. The van der Waals surface area contributed by atoms with E-state index in [9.17, 15) is 20.0 Å². The Kier molecular flexibility index (Phi) is 11.6. The normalized spacial score (nSPS) is 12.5. The van der Waals surface area contributed by atoms with Gasteiger partial charge in [-0.2, -0.15) is 5.12 Å². The number of rotatable bonds is 15. The third kappa shape index (κ3) is 9.15. The molecule has 5 N–H and O–H groups in total. The lowest BCUT2D eigenvalue weighted by atomic mass is 9.98. The molecular weight excluding hydrogens is 570 g/mol. The van der Waals surface area contributed by atoms with Crippen molar-refractivity contribution < 1.29 is 29.3 Å². The smallest absolute Gasteiger partial charge is 0.434 e. The van der Waals surface area contributed by atoms with E-state index in [4.69, 9.17) is 26.0 Å². The Bertz CT molecular complexity index is 1450. The molecule has 1 unspecified atom stereocenters. The van der Waals surface area contributed by atoms with Crippen molar-refractivity contribution in [1.29, 1.82) is 0 Å². The largest absolute Gasteiger partial charge is 0.510 e. The first kappa shape index (κ1) is 33.8. The number of aryl methyl sites for hydroxylation is 1. The highest BCUT2D eigenvalue weighted by molar-refractivity contribution is 6.03. The first-order chi connectivity index (χ1) is 20.8. The number of hydrazone groups is 1. The van der Waals surface area contributed by atoms with Crippen molar-refractivity contribution in [3.05, 3.63) is 87.0 Å². The van der Waals surface area contributed by atoms with Crippen LogP contribution in [0.15, 0.2) is 53.6 Å². The third-order valence-corrected chi connectivity index (χ3v) is 6.73.